The van der Waals surface area contributed by atoms with Crippen molar-refractivity contribution < 1.29 is 17.6 Å². The molecule has 0 aliphatic heterocycles. The van der Waals surface area contributed by atoms with Crippen molar-refractivity contribution in [2.75, 3.05) is 16.7 Å². The molecule has 0 aromatic heterocycles. The second-order valence-electron chi connectivity index (χ2n) is 4.63. The zero-order chi connectivity index (χ0) is 16.3. The van der Waals surface area contributed by atoms with Crippen LogP contribution >= 0.6 is 0 Å². The number of benzene rings is 2. The maximum Gasteiger partial charge on any atom is 0.264 e. The minimum absolute atomic E-state index is 0.00681. The second-order valence-corrected chi connectivity index (χ2v) is 6.60. The number of hydrogen-bond acceptors (Lipinski definition) is 3. The van der Waals surface area contributed by atoms with Gasteiger partial charge >= 0.3 is 0 Å². The minimum atomic E-state index is -3.88. The monoisotopic (exact) mass is 322 g/mol. The van der Waals surface area contributed by atoms with Crippen LogP contribution in [0.25, 0.3) is 0 Å². The minimum Gasteiger partial charge on any atom is -0.326 e. The molecule has 22 heavy (non-hydrogen) atoms. The molecule has 0 saturated carbocycles. The summed E-state index contributed by atoms with van der Waals surface area (Å²) in [7, 11) is -2.59. The second kappa shape index (κ2) is 6.15. The fourth-order valence-corrected chi connectivity index (χ4v) is 3.11. The summed E-state index contributed by atoms with van der Waals surface area (Å²) in [6.45, 7) is 1.36. The van der Waals surface area contributed by atoms with Gasteiger partial charge in [0.2, 0.25) is 5.91 Å². The SMILES string of the molecule is CC(=O)Nc1ccc(S(=O)(=O)N(C)c2ccccc2F)cc1. The molecule has 0 heterocycles. The lowest BCUT2D eigenvalue weighted by Crippen LogP contribution is -2.27. The predicted molar refractivity (Wildman–Crippen MR) is 82.7 cm³/mol. The summed E-state index contributed by atoms with van der Waals surface area (Å²) in [5.74, 6) is -0.873. The molecular formula is C15H15FN2O3S. The Morgan fingerprint density at radius 3 is 2.23 bits per heavy atom. The van der Waals surface area contributed by atoms with Gasteiger partial charge in [-0.1, -0.05) is 12.1 Å². The molecule has 0 saturated heterocycles. The number of nitrogens with one attached hydrogen (secondary N) is 1. The molecule has 116 valence electrons. The van der Waals surface area contributed by atoms with E-state index in [2.05, 4.69) is 5.32 Å². The van der Waals surface area contributed by atoms with Gasteiger partial charge in [-0.3, -0.25) is 9.10 Å². The number of sulfonamides is 1. The Labute approximate surface area is 128 Å². The highest BCUT2D eigenvalue weighted by molar-refractivity contribution is 7.92. The summed E-state index contributed by atoms with van der Waals surface area (Å²) in [4.78, 5) is 11.0. The first kappa shape index (κ1) is 16.0. The van der Waals surface area contributed by atoms with Gasteiger partial charge in [0.15, 0.2) is 0 Å². The third-order valence-electron chi connectivity index (χ3n) is 3.02. The first-order chi connectivity index (χ1) is 10.3. The van der Waals surface area contributed by atoms with Crippen LogP contribution in [0.2, 0.25) is 0 Å². The maximum absolute atomic E-state index is 13.7. The maximum atomic E-state index is 13.7. The van der Waals surface area contributed by atoms with Crippen molar-refractivity contribution >= 4 is 27.3 Å². The zero-order valence-electron chi connectivity index (χ0n) is 12.1. The Morgan fingerprint density at radius 2 is 1.68 bits per heavy atom. The summed E-state index contributed by atoms with van der Waals surface area (Å²) >= 11 is 0. The van der Waals surface area contributed by atoms with Crippen molar-refractivity contribution in [3.8, 4) is 0 Å². The van der Waals surface area contributed by atoms with Gasteiger partial charge in [-0.25, -0.2) is 12.8 Å². The van der Waals surface area contributed by atoms with E-state index in [1.165, 1.54) is 56.4 Å². The van der Waals surface area contributed by atoms with Crippen molar-refractivity contribution in [1.82, 2.24) is 0 Å². The average Bonchev–Trinajstić information content (AvgIpc) is 2.47. The molecule has 0 atom stereocenters. The van der Waals surface area contributed by atoms with Crippen LogP contribution in [-0.2, 0) is 14.8 Å². The lowest BCUT2D eigenvalue weighted by Gasteiger charge is -2.20. The van der Waals surface area contributed by atoms with Gasteiger partial charge in [-0.05, 0) is 36.4 Å². The number of carbonyl (C=O) groups is 1. The van der Waals surface area contributed by atoms with Crippen molar-refractivity contribution in [2.24, 2.45) is 0 Å². The van der Waals surface area contributed by atoms with Crippen LogP contribution in [0.4, 0.5) is 15.8 Å². The molecule has 0 aliphatic carbocycles. The molecule has 0 bridgehead atoms. The molecular weight excluding hydrogens is 307 g/mol. The highest BCUT2D eigenvalue weighted by atomic mass is 32.2. The fraction of sp³-hybridized carbons (Fsp3) is 0.133. The molecule has 0 unspecified atom stereocenters. The Hall–Kier alpha value is -2.41. The van der Waals surface area contributed by atoms with E-state index in [1.54, 1.807) is 6.07 Å². The molecule has 7 heteroatoms. The molecule has 0 fully saturated rings. The molecule has 2 rings (SSSR count). The van der Waals surface area contributed by atoms with Gasteiger partial charge in [0.1, 0.15) is 5.82 Å². The molecule has 0 aliphatic rings. The van der Waals surface area contributed by atoms with Gasteiger partial charge in [0.05, 0.1) is 10.6 Å². The normalized spacial score (nSPS) is 11.0. The van der Waals surface area contributed by atoms with Crippen LogP contribution in [-0.4, -0.2) is 21.4 Å². The summed E-state index contributed by atoms with van der Waals surface area (Å²) in [5.41, 5.74) is 0.452. The van der Waals surface area contributed by atoms with Crippen molar-refractivity contribution in [3.63, 3.8) is 0 Å². The summed E-state index contributed by atoms with van der Waals surface area (Å²) < 4.78 is 39.6. The average molecular weight is 322 g/mol. The first-order valence-corrected chi connectivity index (χ1v) is 7.87. The summed E-state index contributed by atoms with van der Waals surface area (Å²) in [6.07, 6.45) is 0. The van der Waals surface area contributed by atoms with E-state index < -0.39 is 15.8 Å². The van der Waals surface area contributed by atoms with Gasteiger partial charge in [-0.15, -0.1) is 0 Å². The number of rotatable bonds is 4. The van der Waals surface area contributed by atoms with Gasteiger partial charge in [-0.2, -0.15) is 0 Å². The van der Waals surface area contributed by atoms with Crippen LogP contribution in [0.1, 0.15) is 6.92 Å². The summed E-state index contributed by atoms with van der Waals surface area (Å²) in [5, 5.41) is 2.55. The van der Waals surface area contributed by atoms with Crippen LogP contribution in [0, 0.1) is 5.82 Å². The van der Waals surface area contributed by atoms with E-state index in [0.29, 0.717) is 5.69 Å². The molecule has 2 aromatic carbocycles. The Morgan fingerprint density at radius 1 is 1.09 bits per heavy atom. The summed E-state index contributed by atoms with van der Waals surface area (Å²) in [6, 6.07) is 11.3. The third kappa shape index (κ3) is 3.25. The lowest BCUT2D eigenvalue weighted by atomic mass is 10.3. The van der Waals surface area contributed by atoms with E-state index in [4.69, 9.17) is 0 Å². The van der Waals surface area contributed by atoms with Gasteiger partial charge in [0, 0.05) is 19.7 Å². The van der Waals surface area contributed by atoms with E-state index >= 15 is 0 Å². The van der Waals surface area contributed by atoms with Gasteiger partial charge in [0.25, 0.3) is 10.0 Å². The number of halogens is 1. The number of nitrogens with zero attached hydrogens (tertiary/aromatic N) is 1. The fourth-order valence-electron chi connectivity index (χ4n) is 1.91. The Bertz CT molecular complexity index is 789. The third-order valence-corrected chi connectivity index (χ3v) is 4.81. The van der Waals surface area contributed by atoms with Crippen molar-refractivity contribution in [2.45, 2.75) is 11.8 Å². The van der Waals surface area contributed by atoms with Crippen LogP contribution < -0.4 is 9.62 Å². The quantitative estimate of drug-likeness (QED) is 0.941. The van der Waals surface area contributed by atoms with Crippen LogP contribution in [0.3, 0.4) is 0 Å². The highest BCUT2D eigenvalue weighted by Gasteiger charge is 2.23. The molecule has 1 amide bonds. The van der Waals surface area contributed by atoms with E-state index in [9.17, 15) is 17.6 Å². The van der Waals surface area contributed by atoms with Crippen LogP contribution in [0.5, 0.6) is 0 Å². The number of hydrogen-bond donors (Lipinski definition) is 1. The number of para-hydroxylation sites is 1. The Balaban J connectivity index is 2.34. The standard InChI is InChI=1S/C15H15FN2O3S/c1-11(19)17-12-7-9-13(10-8-12)22(20,21)18(2)15-6-4-3-5-14(15)16/h3-10H,1-2H3,(H,17,19). The number of carbonyl (C=O) groups excluding carboxylic acids is 1. The first-order valence-electron chi connectivity index (χ1n) is 6.43. The van der Waals surface area contributed by atoms with E-state index in [1.807, 2.05) is 0 Å². The molecule has 0 radical (unpaired) electrons. The zero-order valence-corrected chi connectivity index (χ0v) is 12.9. The molecule has 2 aromatic rings. The number of amides is 1. The molecule has 1 N–H and O–H groups in total. The topological polar surface area (TPSA) is 66.5 Å². The van der Waals surface area contributed by atoms with Gasteiger partial charge < -0.3 is 5.32 Å². The van der Waals surface area contributed by atoms with Crippen molar-refractivity contribution in [3.05, 3.63) is 54.3 Å². The Kier molecular flexibility index (Phi) is 4.46. The molecule has 0 spiro atoms. The predicted octanol–water partition coefficient (Wildman–Crippen LogP) is 2.61. The van der Waals surface area contributed by atoms with Crippen molar-refractivity contribution in [1.29, 1.82) is 0 Å². The number of anilines is 2. The largest absolute Gasteiger partial charge is 0.326 e. The smallest absolute Gasteiger partial charge is 0.264 e. The highest BCUT2D eigenvalue weighted by Crippen LogP contribution is 2.25. The van der Waals surface area contributed by atoms with E-state index in [0.717, 1.165) is 4.31 Å². The molecule has 5 nitrogen and oxygen atoms in total. The van der Waals surface area contributed by atoms with Crippen LogP contribution in [0.15, 0.2) is 53.4 Å². The lowest BCUT2D eigenvalue weighted by molar-refractivity contribution is -0.114. The van der Waals surface area contributed by atoms with E-state index in [-0.39, 0.29) is 16.5 Å².